The first kappa shape index (κ1) is 16.0. The Kier molecular flexibility index (Phi) is 5.31. The number of rotatable bonds is 5. The van der Waals surface area contributed by atoms with Crippen LogP contribution in [0.15, 0.2) is 17.0 Å². The van der Waals surface area contributed by atoms with Gasteiger partial charge in [-0.25, -0.2) is 8.42 Å². The van der Waals surface area contributed by atoms with E-state index in [1.807, 2.05) is 6.92 Å². The minimum Gasteiger partial charge on any atom is -0.313 e. The second-order valence-corrected chi connectivity index (χ2v) is 7.49. The second-order valence-electron chi connectivity index (χ2n) is 4.77. The van der Waals surface area contributed by atoms with Crippen molar-refractivity contribution in [2.24, 2.45) is 0 Å². The summed E-state index contributed by atoms with van der Waals surface area (Å²) in [4.78, 5) is 0.151. The van der Waals surface area contributed by atoms with Gasteiger partial charge in [-0.15, -0.1) is 0 Å². The summed E-state index contributed by atoms with van der Waals surface area (Å²) in [5, 5.41) is 3.80. The lowest BCUT2D eigenvalue weighted by Gasteiger charge is -2.18. The summed E-state index contributed by atoms with van der Waals surface area (Å²) in [5.74, 6) is 0. The second kappa shape index (κ2) is 6.62. The Hall–Kier alpha value is -0.330. The van der Waals surface area contributed by atoms with Gasteiger partial charge in [0.2, 0.25) is 10.0 Å². The Morgan fingerprint density at radius 3 is 2.45 bits per heavy atom. The van der Waals surface area contributed by atoms with Gasteiger partial charge in [-0.05, 0) is 37.1 Å². The van der Waals surface area contributed by atoms with Crippen LogP contribution in [0, 0.1) is 0 Å². The summed E-state index contributed by atoms with van der Waals surface area (Å²) in [6, 6.07) is 3.10. The Balaban J connectivity index is 2.39. The Morgan fingerprint density at radius 2 is 1.85 bits per heavy atom. The molecule has 0 aromatic heterocycles. The fourth-order valence-electron chi connectivity index (χ4n) is 2.23. The fraction of sp³-hybridized carbons (Fsp3) is 0.538. The lowest BCUT2D eigenvalue weighted by molar-refractivity contribution is 0.477. The average molecular weight is 337 g/mol. The van der Waals surface area contributed by atoms with Crippen LogP contribution in [0.2, 0.25) is 10.0 Å². The number of sulfonamides is 1. The van der Waals surface area contributed by atoms with Crippen LogP contribution < -0.4 is 5.32 Å². The van der Waals surface area contributed by atoms with Gasteiger partial charge in [-0.3, -0.25) is 0 Å². The van der Waals surface area contributed by atoms with Crippen LogP contribution >= 0.6 is 23.2 Å². The van der Waals surface area contributed by atoms with Gasteiger partial charge >= 0.3 is 0 Å². The molecule has 1 heterocycles. The molecule has 1 aromatic carbocycles. The van der Waals surface area contributed by atoms with E-state index in [9.17, 15) is 8.42 Å². The topological polar surface area (TPSA) is 49.4 Å². The Morgan fingerprint density at radius 1 is 1.20 bits per heavy atom. The lowest BCUT2D eigenvalue weighted by atomic mass is 10.2. The highest BCUT2D eigenvalue weighted by molar-refractivity contribution is 7.89. The van der Waals surface area contributed by atoms with Crippen LogP contribution in [0.1, 0.15) is 25.3 Å². The van der Waals surface area contributed by atoms with E-state index in [-0.39, 0.29) is 9.92 Å². The average Bonchev–Trinajstić information content (AvgIpc) is 2.92. The van der Waals surface area contributed by atoms with Crippen molar-refractivity contribution in [1.29, 1.82) is 0 Å². The molecular weight excluding hydrogens is 319 g/mol. The summed E-state index contributed by atoms with van der Waals surface area (Å²) < 4.78 is 26.6. The van der Waals surface area contributed by atoms with Gasteiger partial charge in [0.1, 0.15) is 4.90 Å². The largest absolute Gasteiger partial charge is 0.313 e. The van der Waals surface area contributed by atoms with Crippen molar-refractivity contribution in [3.05, 3.63) is 27.7 Å². The molecule has 1 aromatic rings. The summed E-state index contributed by atoms with van der Waals surface area (Å²) >= 11 is 12.2. The minimum atomic E-state index is -3.52. The van der Waals surface area contributed by atoms with E-state index in [1.54, 1.807) is 6.07 Å². The van der Waals surface area contributed by atoms with Gasteiger partial charge < -0.3 is 5.32 Å². The quantitative estimate of drug-likeness (QED) is 0.899. The summed E-state index contributed by atoms with van der Waals surface area (Å²) in [6.45, 7) is 4.40. The Bertz CT molecular complexity index is 584. The molecule has 0 bridgehead atoms. The first-order valence-electron chi connectivity index (χ1n) is 6.65. The molecule has 0 saturated carbocycles. The number of hydrogen-bond donors (Lipinski definition) is 1. The molecule has 112 valence electrons. The van der Waals surface area contributed by atoms with Crippen molar-refractivity contribution in [1.82, 2.24) is 9.62 Å². The molecule has 0 spiro atoms. The molecule has 1 aliphatic rings. The molecule has 1 N–H and O–H groups in total. The van der Waals surface area contributed by atoms with Crippen LogP contribution in [0.25, 0.3) is 0 Å². The molecule has 7 heteroatoms. The van der Waals surface area contributed by atoms with Gasteiger partial charge in [0.15, 0.2) is 0 Å². The molecule has 2 rings (SSSR count). The third kappa shape index (κ3) is 3.28. The number of halogens is 2. The zero-order valence-electron chi connectivity index (χ0n) is 11.3. The van der Waals surface area contributed by atoms with Crippen molar-refractivity contribution >= 4 is 33.2 Å². The fourth-order valence-corrected chi connectivity index (χ4v) is 4.59. The summed E-state index contributed by atoms with van der Waals surface area (Å²) in [7, 11) is -3.52. The standard InChI is InChI=1S/C13H18Cl2N2O2S/c1-2-16-9-10-7-13(12(15)8-11(10)14)20(18,19)17-5-3-4-6-17/h7-8,16H,2-6,9H2,1H3. The maximum absolute atomic E-state index is 12.6. The molecule has 20 heavy (non-hydrogen) atoms. The van der Waals surface area contributed by atoms with Gasteiger partial charge in [0.05, 0.1) is 5.02 Å². The van der Waals surface area contributed by atoms with Gasteiger partial charge in [-0.1, -0.05) is 30.1 Å². The van der Waals surface area contributed by atoms with E-state index in [2.05, 4.69) is 5.32 Å². The Labute approximate surface area is 130 Å². The maximum Gasteiger partial charge on any atom is 0.244 e. The number of benzene rings is 1. The molecule has 0 atom stereocenters. The monoisotopic (exact) mass is 336 g/mol. The molecule has 4 nitrogen and oxygen atoms in total. The first-order valence-corrected chi connectivity index (χ1v) is 8.85. The van der Waals surface area contributed by atoms with E-state index in [1.165, 1.54) is 10.4 Å². The normalized spacial score (nSPS) is 16.8. The predicted molar refractivity (Wildman–Crippen MR) is 81.8 cm³/mol. The smallest absolute Gasteiger partial charge is 0.244 e. The highest BCUT2D eigenvalue weighted by Gasteiger charge is 2.29. The molecule has 0 amide bonds. The highest BCUT2D eigenvalue weighted by atomic mass is 35.5. The van der Waals surface area contributed by atoms with E-state index < -0.39 is 10.0 Å². The number of nitrogens with one attached hydrogen (secondary N) is 1. The molecule has 1 aliphatic heterocycles. The third-order valence-electron chi connectivity index (χ3n) is 3.35. The number of nitrogens with zero attached hydrogens (tertiary/aromatic N) is 1. The zero-order chi connectivity index (χ0) is 14.8. The van der Waals surface area contributed by atoms with Crippen LogP contribution in [0.5, 0.6) is 0 Å². The van der Waals surface area contributed by atoms with Gasteiger partial charge in [-0.2, -0.15) is 4.31 Å². The SMILES string of the molecule is CCNCc1cc(S(=O)(=O)N2CCCC2)c(Cl)cc1Cl. The zero-order valence-corrected chi connectivity index (χ0v) is 13.7. The minimum absolute atomic E-state index is 0.151. The van der Waals surface area contributed by atoms with Crippen molar-refractivity contribution in [3.63, 3.8) is 0 Å². The number of hydrogen-bond acceptors (Lipinski definition) is 3. The maximum atomic E-state index is 12.6. The molecule has 0 aliphatic carbocycles. The van der Waals surface area contributed by atoms with Crippen molar-refractivity contribution in [2.45, 2.75) is 31.2 Å². The van der Waals surface area contributed by atoms with E-state index in [0.717, 1.165) is 24.9 Å². The van der Waals surface area contributed by atoms with Crippen molar-refractivity contribution in [2.75, 3.05) is 19.6 Å². The lowest BCUT2D eigenvalue weighted by Crippen LogP contribution is -2.28. The molecule has 1 saturated heterocycles. The van der Waals surface area contributed by atoms with E-state index in [4.69, 9.17) is 23.2 Å². The van der Waals surface area contributed by atoms with Crippen molar-refractivity contribution < 1.29 is 8.42 Å². The highest BCUT2D eigenvalue weighted by Crippen LogP contribution is 2.31. The van der Waals surface area contributed by atoms with Crippen molar-refractivity contribution in [3.8, 4) is 0 Å². The predicted octanol–water partition coefficient (Wildman–Crippen LogP) is 2.89. The first-order chi connectivity index (χ1) is 9.46. The van der Waals surface area contributed by atoms with Crippen LogP contribution in [-0.2, 0) is 16.6 Å². The van der Waals surface area contributed by atoms with Crippen LogP contribution in [0.4, 0.5) is 0 Å². The molecule has 0 unspecified atom stereocenters. The van der Waals surface area contributed by atoms with Gasteiger partial charge in [0.25, 0.3) is 0 Å². The summed E-state index contributed by atoms with van der Waals surface area (Å²) in [5.41, 5.74) is 0.746. The van der Waals surface area contributed by atoms with E-state index in [0.29, 0.717) is 24.7 Å². The van der Waals surface area contributed by atoms with Crippen LogP contribution in [0.3, 0.4) is 0 Å². The molecular formula is C13H18Cl2N2O2S. The molecule has 1 fully saturated rings. The van der Waals surface area contributed by atoms with Gasteiger partial charge in [0, 0.05) is 24.7 Å². The third-order valence-corrected chi connectivity index (χ3v) is 6.06. The molecule has 0 radical (unpaired) electrons. The van der Waals surface area contributed by atoms with Crippen LogP contribution in [-0.4, -0.2) is 32.4 Å². The van der Waals surface area contributed by atoms with E-state index >= 15 is 0 Å². The summed E-state index contributed by atoms with van der Waals surface area (Å²) in [6.07, 6.45) is 1.80.